The number of rotatable bonds is 8. The van der Waals surface area contributed by atoms with E-state index < -0.39 is 11.9 Å². The van der Waals surface area contributed by atoms with Crippen molar-refractivity contribution in [3.8, 4) is 5.75 Å². The molecule has 0 aliphatic carbocycles. The number of Topliss-reactive ketones (excluding diaryl/α,β-unsaturated/α-hetero) is 1. The number of thiophene rings is 1. The Labute approximate surface area is 138 Å². The molecule has 0 aliphatic heterocycles. The maximum Gasteiger partial charge on any atom is 0.174 e. The number of halogens is 1. The Kier molecular flexibility index (Phi) is 6.27. The lowest BCUT2D eigenvalue weighted by atomic mass is 10.0. The second kappa shape index (κ2) is 8.19. The van der Waals surface area contributed by atoms with E-state index in [1.54, 1.807) is 19.1 Å². The number of methoxy groups -OCH3 is 1. The molecule has 1 aromatic carbocycles. The van der Waals surface area contributed by atoms with Crippen LogP contribution in [0.4, 0.5) is 4.39 Å². The highest BCUT2D eigenvalue weighted by Crippen LogP contribution is 2.23. The van der Waals surface area contributed by atoms with Gasteiger partial charge in [0.25, 0.3) is 0 Å². The largest absolute Gasteiger partial charge is 0.494 e. The first-order chi connectivity index (χ1) is 11.0. The van der Waals surface area contributed by atoms with Gasteiger partial charge in [0.05, 0.1) is 18.1 Å². The van der Waals surface area contributed by atoms with Gasteiger partial charge in [0.1, 0.15) is 0 Å². The van der Waals surface area contributed by atoms with Crippen molar-refractivity contribution in [2.45, 2.75) is 25.5 Å². The van der Waals surface area contributed by atoms with Gasteiger partial charge in [0, 0.05) is 19.0 Å². The summed E-state index contributed by atoms with van der Waals surface area (Å²) in [5.74, 6) is -0.295. The number of carbonyl (C=O) groups excluding carboxylic acids is 1. The van der Waals surface area contributed by atoms with E-state index in [2.05, 4.69) is 5.32 Å². The third-order valence-electron chi connectivity index (χ3n) is 3.61. The lowest BCUT2D eigenvalue weighted by Gasteiger charge is -2.21. The van der Waals surface area contributed by atoms with Gasteiger partial charge in [-0.3, -0.25) is 4.79 Å². The number of benzene rings is 1. The molecule has 124 valence electrons. The van der Waals surface area contributed by atoms with Gasteiger partial charge in [-0.1, -0.05) is 12.1 Å². The van der Waals surface area contributed by atoms with Gasteiger partial charge in [-0.25, -0.2) is 4.39 Å². The number of aliphatic hydroxyl groups excluding tert-OH is 1. The van der Waals surface area contributed by atoms with Crippen LogP contribution in [0.15, 0.2) is 35.7 Å². The van der Waals surface area contributed by atoms with Gasteiger partial charge < -0.3 is 15.2 Å². The molecule has 0 amide bonds. The average molecular weight is 337 g/mol. The fourth-order valence-electron chi connectivity index (χ4n) is 2.24. The van der Waals surface area contributed by atoms with E-state index in [0.29, 0.717) is 18.5 Å². The van der Waals surface area contributed by atoms with Crippen molar-refractivity contribution >= 4 is 17.1 Å². The van der Waals surface area contributed by atoms with Crippen LogP contribution in [0.5, 0.6) is 5.75 Å². The van der Waals surface area contributed by atoms with Crippen LogP contribution in [0.2, 0.25) is 0 Å². The Morgan fingerprint density at radius 3 is 2.83 bits per heavy atom. The minimum atomic E-state index is -0.868. The van der Waals surface area contributed by atoms with Crippen molar-refractivity contribution in [2.24, 2.45) is 0 Å². The monoisotopic (exact) mass is 337 g/mol. The molecule has 0 spiro atoms. The SMILES string of the molecule is COc1ccc(C(O)C(C)NCCC(=O)c2cccs2)cc1F. The van der Waals surface area contributed by atoms with Crippen LogP contribution in [0.25, 0.3) is 0 Å². The number of ketones is 1. The molecule has 1 aromatic heterocycles. The van der Waals surface area contributed by atoms with Gasteiger partial charge >= 0.3 is 0 Å². The van der Waals surface area contributed by atoms with Gasteiger partial charge in [-0.2, -0.15) is 0 Å². The number of ether oxygens (including phenoxy) is 1. The molecule has 2 aromatic rings. The second-order valence-corrected chi connectivity index (χ2v) is 6.18. The van der Waals surface area contributed by atoms with Crippen molar-refractivity contribution in [3.05, 3.63) is 52.0 Å². The summed E-state index contributed by atoms with van der Waals surface area (Å²) in [4.78, 5) is 12.6. The maximum absolute atomic E-state index is 13.7. The van der Waals surface area contributed by atoms with Crippen LogP contribution < -0.4 is 10.1 Å². The summed E-state index contributed by atoms with van der Waals surface area (Å²) >= 11 is 1.42. The lowest BCUT2D eigenvalue weighted by molar-refractivity contribution is 0.0976. The van der Waals surface area contributed by atoms with Crippen LogP contribution >= 0.6 is 11.3 Å². The Morgan fingerprint density at radius 2 is 2.22 bits per heavy atom. The zero-order chi connectivity index (χ0) is 16.8. The molecule has 2 unspecified atom stereocenters. The summed E-state index contributed by atoms with van der Waals surface area (Å²) in [6.45, 7) is 2.25. The molecule has 6 heteroatoms. The summed E-state index contributed by atoms with van der Waals surface area (Å²) in [6.07, 6.45) is -0.513. The first-order valence-corrected chi connectivity index (χ1v) is 8.22. The molecule has 0 saturated carbocycles. The van der Waals surface area contributed by atoms with Gasteiger partial charge in [-0.15, -0.1) is 11.3 Å². The molecule has 0 fully saturated rings. The highest BCUT2D eigenvalue weighted by molar-refractivity contribution is 7.12. The highest BCUT2D eigenvalue weighted by Gasteiger charge is 2.18. The number of hydrogen-bond donors (Lipinski definition) is 2. The average Bonchev–Trinajstić information content (AvgIpc) is 3.08. The summed E-state index contributed by atoms with van der Waals surface area (Å²) in [5, 5.41) is 15.2. The molecule has 0 radical (unpaired) electrons. The third-order valence-corrected chi connectivity index (χ3v) is 4.52. The lowest BCUT2D eigenvalue weighted by Crippen LogP contribution is -2.33. The molecule has 0 bridgehead atoms. The van der Waals surface area contributed by atoms with Crippen molar-refractivity contribution in [1.29, 1.82) is 0 Å². The molecule has 2 N–H and O–H groups in total. The van der Waals surface area contributed by atoms with Crippen LogP contribution in [-0.4, -0.2) is 30.6 Å². The van der Waals surface area contributed by atoms with Crippen LogP contribution in [0.1, 0.15) is 34.7 Å². The smallest absolute Gasteiger partial charge is 0.174 e. The van der Waals surface area contributed by atoms with E-state index in [-0.39, 0.29) is 17.6 Å². The fraction of sp³-hybridized carbons (Fsp3) is 0.353. The van der Waals surface area contributed by atoms with Gasteiger partial charge in [-0.05, 0) is 36.1 Å². The Morgan fingerprint density at radius 1 is 1.43 bits per heavy atom. The van der Waals surface area contributed by atoms with Gasteiger partial charge in [0.15, 0.2) is 17.3 Å². The quantitative estimate of drug-likeness (QED) is 0.727. The maximum atomic E-state index is 13.7. The third kappa shape index (κ3) is 4.60. The van der Waals surface area contributed by atoms with E-state index in [1.807, 2.05) is 11.4 Å². The van der Waals surface area contributed by atoms with E-state index in [1.165, 1.54) is 30.6 Å². The first kappa shape index (κ1) is 17.6. The number of hydrogen-bond acceptors (Lipinski definition) is 5. The molecule has 1 heterocycles. The molecule has 2 rings (SSSR count). The zero-order valence-corrected chi connectivity index (χ0v) is 13.9. The molecule has 0 aliphatic rings. The summed E-state index contributed by atoms with van der Waals surface area (Å²) < 4.78 is 18.5. The molecular weight excluding hydrogens is 317 g/mol. The van der Waals surface area contributed by atoms with Crippen LogP contribution in [-0.2, 0) is 0 Å². The van der Waals surface area contributed by atoms with Crippen LogP contribution in [0, 0.1) is 5.82 Å². The molecule has 2 atom stereocenters. The molecule has 23 heavy (non-hydrogen) atoms. The molecule has 0 saturated heterocycles. The minimum Gasteiger partial charge on any atom is -0.494 e. The summed E-state index contributed by atoms with van der Waals surface area (Å²) in [5.41, 5.74) is 0.466. The highest BCUT2D eigenvalue weighted by atomic mass is 32.1. The second-order valence-electron chi connectivity index (χ2n) is 5.23. The Hall–Kier alpha value is -1.76. The van der Waals surface area contributed by atoms with E-state index in [0.717, 1.165) is 4.88 Å². The molecular formula is C17H20FNO3S. The topological polar surface area (TPSA) is 58.6 Å². The number of aliphatic hydroxyl groups is 1. The summed E-state index contributed by atoms with van der Waals surface area (Å²) in [7, 11) is 1.39. The van der Waals surface area contributed by atoms with Crippen molar-refractivity contribution in [1.82, 2.24) is 5.32 Å². The number of nitrogens with one attached hydrogen (secondary N) is 1. The van der Waals surface area contributed by atoms with Gasteiger partial charge in [0.2, 0.25) is 0 Å². The standard InChI is InChI=1S/C17H20FNO3S/c1-11(19-8-7-14(20)16-4-3-9-23-16)17(21)12-5-6-15(22-2)13(18)10-12/h3-6,9-11,17,19,21H,7-8H2,1-2H3. The minimum absolute atomic E-state index is 0.0738. The Bertz CT molecular complexity index is 645. The van der Waals surface area contributed by atoms with E-state index in [4.69, 9.17) is 4.74 Å². The normalized spacial score (nSPS) is 13.6. The van der Waals surface area contributed by atoms with E-state index in [9.17, 15) is 14.3 Å². The van der Waals surface area contributed by atoms with Crippen molar-refractivity contribution < 1.29 is 19.0 Å². The van der Waals surface area contributed by atoms with Crippen molar-refractivity contribution in [2.75, 3.05) is 13.7 Å². The predicted molar refractivity (Wildman–Crippen MR) is 88.6 cm³/mol. The first-order valence-electron chi connectivity index (χ1n) is 7.34. The Balaban J connectivity index is 1.86. The molecule has 4 nitrogen and oxygen atoms in total. The number of carbonyl (C=O) groups is 1. The summed E-state index contributed by atoms with van der Waals surface area (Å²) in [6, 6.07) is 7.71. The van der Waals surface area contributed by atoms with Crippen molar-refractivity contribution in [3.63, 3.8) is 0 Å². The predicted octanol–water partition coefficient (Wildman–Crippen LogP) is 3.18. The van der Waals surface area contributed by atoms with Crippen LogP contribution in [0.3, 0.4) is 0 Å². The fourth-order valence-corrected chi connectivity index (χ4v) is 2.94. The zero-order valence-electron chi connectivity index (χ0n) is 13.1. The van der Waals surface area contributed by atoms with E-state index >= 15 is 0 Å².